The van der Waals surface area contributed by atoms with Gasteiger partial charge in [-0.3, -0.25) is 0 Å². The Morgan fingerprint density at radius 1 is 1.43 bits per heavy atom. The lowest BCUT2D eigenvalue weighted by Crippen LogP contribution is -2.24. The highest BCUT2D eigenvalue weighted by Crippen LogP contribution is 2.30. The molecule has 0 aromatic heterocycles. The van der Waals surface area contributed by atoms with E-state index in [2.05, 4.69) is 25.7 Å². The molecule has 1 aromatic rings. The van der Waals surface area contributed by atoms with Crippen LogP contribution in [0, 0.1) is 18.8 Å². The van der Waals surface area contributed by atoms with E-state index in [0.29, 0.717) is 13.0 Å². The maximum atomic E-state index is 8.72. The Bertz CT molecular complexity index is 537. The third-order valence-electron chi connectivity index (χ3n) is 3.62. The van der Waals surface area contributed by atoms with Crippen molar-refractivity contribution < 1.29 is 14.6 Å². The van der Waals surface area contributed by atoms with Crippen molar-refractivity contribution in [2.45, 2.75) is 51.7 Å². The quantitative estimate of drug-likeness (QED) is 0.865. The number of hydrogen-bond acceptors (Lipinski definition) is 3. The molecular formula is C18H24O3. The average molecular weight is 288 g/mol. The summed E-state index contributed by atoms with van der Waals surface area (Å²) >= 11 is 0. The lowest BCUT2D eigenvalue weighted by atomic mass is 10.1. The number of benzene rings is 1. The average Bonchev–Trinajstić information content (AvgIpc) is 2.78. The van der Waals surface area contributed by atoms with Crippen LogP contribution in [0.25, 0.3) is 0 Å². The Hall–Kier alpha value is -1.50. The zero-order chi connectivity index (χ0) is 15.3. The molecule has 3 heteroatoms. The van der Waals surface area contributed by atoms with Gasteiger partial charge >= 0.3 is 0 Å². The van der Waals surface area contributed by atoms with Gasteiger partial charge in [-0.15, -0.1) is 0 Å². The molecule has 1 heterocycles. The van der Waals surface area contributed by atoms with Crippen molar-refractivity contribution in [1.29, 1.82) is 0 Å². The summed E-state index contributed by atoms with van der Waals surface area (Å²) in [6.07, 6.45) is 2.82. The second kappa shape index (κ2) is 6.98. The van der Waals surface area contributed by atoms with Gasteiger partial charge in [0.2, 0.25) is 0 Å². The van der Waals surface area contributed by atoms with Crippen LogP contribution in [0.2, 0.25) is 0 Å². The molecule has 0 radical (unpaired) electrons. The van der Waals surface area contributed by atoms with Crippen molar-refractivity contribution in [3.05, 3.63) is 29.3 Å². The van der Waals surface area contributed by atoms with Gasteiger partial charge in [0, 0.05) is 12.0 Å². The largest absolute Gasteiger partial charge is 0.491 e. The van der Waals surface area contributed by atoms with Crippen LogP contribution in [0.4, 0.5) is 0 Å². The van der Waals surface area contributed by atoms with Crippen LogP contribution in [-0.4, -0.2) is 30.0 Å². The Balaban J connectivity index is 1.91. The lowest BCUT2D eigenvalue weighted by molar-refractivity contribution is -0.0327. The van der Waals surface area contributed by atoms with E-state index in [-0.39, 0.29) is 18.3 Å². The number of aliphatic hydroxyl groups is 1. The van der Waals surface area contributed by atoms with Gasteiger partial charge in [-0.1, -0.05) is 11.8 Å². The van der Waals surface area contributed by atoms with E-state index in [1.54, 1.807) is 0 Å². The second-order valence-corrected chi connectivity index (χ2v) is 6.10. The van der Waals surface area contributed by atoms with E-state index in [0.717, 1.165) is 29.7 Å². The molecule has 1 saturated heterocycles. The Morgan fingerprint density at radius 2 is 2.24 bits per heavy atom. The van der Waals surface area contributed by atoms with Crippen LogP contribution in [0.3, 0.4) is 0 Å². The third-order valence-corrected chi connectivity index (χ3v) is 3.62. The highest BCUT2D eigenvalue weighted by atomic mass is 16.6. The Labute approximate surface area is 127 Å². The standard InChI is InChI=1S/C18H24O3/c1-14-12-15(6-4-5-11-19)7-8-17(14)20-13-16-9-10-18(2,3)21-16/h7-8,12,16,19H,5,9-11,13H2,1-3H3. The van der Waals surface area contributed by atoms with E-state index in [4.69, 9.17) is 14.6 Å². The van der Waals surface area contributed by atoms with Gasteiger partial charge in [-0.2, -0.15) is 0 Å². The van der Waals surface area contributed by atoms with Crippen LogP contribution in [0.15, 0.2) is 18.2 Å². The van der Waals surface area contributed by atoms with Gasteiger partial charge in [-0.05, 0) is 57.4 Å². The van der Waals surface area contributed by atoms with Crippen LogP contribution in [0.1, 0.15) is 44.2 Å². The molecule has 1 atom stereocenters. The molecule has 3 nitrogen and oxygen atoms in total. The van der Waals surface area contributed by atoms with Crippen molar-refractivity contribution in [1.82, 2.24) is 0 Å². The van der Waals surface area contributed by atoms with Gasteiger partial charge in [0.05, 0.1) is 18.3 Å². The fourth-order valence-electron chi connectivity index (χ4n) is 2.49. The first-order valence-electron chi connectivity index (χ1n) is 7.51. The Morgan fingerprint density at radius 3 is 2.86 bits per heavy atom. The molecule has 2 rings (SSSR count). The summed E-state index contributed by atoms with van der Waals surface area (Å²) in [6.45, 7) is 6.97. The molecule has 21 heavy (non-hydrogen) atoms. The number of rotatable bonds is 4. The predicted octanol–water partition coefficient (Wildman–Crippen LogP) is 3.07. The molecular weight excluding hydrogens is 264 g/mol. The monoisotopic (exact) mass is 288 g/mol. The predicted molar refractivity (Wildman–Crippen MR) is 83.4 cm³/mol. The fraction of sp³-hybridized carbons (Fsp3) is 0.556. The van der Waals surface area contributed by atoms with Gasteiger partial charge < -0.3 is 14.6 Å². The molecule has 0 saturated carbocycles. The third kappa shape index (κ3) is 4.77. The molecule has 1 aliphatic heterocycles. The first-order valence-corrected chi connectivity index (χ1v) is 7.51. The van der Waals surface area contributed by atoms with Crippen molar-refractivity contribution in [2.75, 3.05) is 13.2 Å². The summed E-state index contributed by atoms with van der Waals surface area (Å²) in [5, 5.41) is 8.72. The number of ether oxygens (including phenoxy) is 2. The van der Waals surface area contributed by atoms with Gasteiger partial charge in [0.15, 0.2) is 0 Å². The van der Waals surface area contributed by atoms with Crippen LogP contribution in [-0.2, 0) is 4.74 Å². The maximum Gasteiger partial charge on any atom is 0.122 e. The molecule has 1 fully saturated rings. The first-order chi connectivity index (χ1) is 10.00. The van der Waals surface area contributed by atoms with E-state index in [1.807, 2.05) is 25.1 Å². The summed E-state index contributed by atoms with van der Waals surface area (Å²) in [5.41, 5.74) is 2.00. The molecule has 0 spiro atoms. The molecule has 1 N–H and O–H groups in total. The smallest absolute Gasteiger partial charge is 0.122 e. The lowest BCUT2D eigenvalue weighted by Gasteiger charge is -2.19. The maximum absolute atomic E-state index is 8.72. The summed E-state index contributed by atoms with van der Waals surface area (Å²) in [5.74, 6) is 6.84. The van der Waals surface area contributed by atoms with Crippen molar-refractivity contribution in [3.8, 4) is 17.6 Å². The summed E-state index contributed by atoms with van der Waals surface area (Å²) in [7, 11) is 0. The first kappa shape index (κ1) is 15.9. The fourth-order valence-corrected chi connectivity index (χ4v) is 2.49. The van der Waals surface area contributed by atoms with Crippen molar-refractivity contribution in [3.63, 3.8) is 0 Å². The molecule has 114 valence electrons. The van der Waals surface area contributed by atoms with Crippen molar-refractivity contribution >= 4 is 0 Å². The zero-order valence-corrected chi connectivity index (χ0v) is 13.1. The normalized spacial score (nSPS) is 19.9. The van der Waals surface area contributed by atoms with E-state index in [9.17, 15) is 0 Å². The van der Waals surface area contributed by atoms with Gasteiger partial charge in [0.25, 0.3) is 0 Å². The summed E-state index contributed by atoms with van der Waals surface area (Å²) < 4.78 is 11.8. The zero-order valence-electron chi connectivity index (χ0n) is 13.1. The topological polar surface area (TPSA) is 38.7 Å². The second-order valence-electron chi connectivity index (χ2n) is 6.10. The minimum absolute atomic E-state index is 0.0186. The number of aliphatic hydroxyl groups excluding tert-OH is 1. The molecule has 1 aromatic carbocycles. The molecule has 0 aliphatic carbocycles. The summed E-state index contributed by atoms with van der Waals surface area (Å²) in [6, 6.07) is 5.92. The molecule has 1 aliphatic rings. The molecule has 0 amide bonds. The number of aryl methyl sites for hydroxylation is 1. The number of hydrogen-bond donors (Lipinski definition) is 1. The van der Waals surface area contributed by atoms with Crippen LogP contribution in [0.5, 0.6) is 5.75 Å². The molecule has 1 unspecified atom stereocenters. The highest BCUT2D eigenvalue weighted by Gasteiger charge is 2.31. The minimum Gasteiger partial charge on any atom is -0.491 e. The van der Waals surface area contributed by atoms with Crippen LogP contribution >= 0.6 is 0 Å². The highest BCUT2D eigenvalue weighted by molar-refractivity contribution is 5.43. The van der Waals surface area contributed by atoms with E-state index in [1.165, 1.54) is 0 Å². The van der Waals surface area contributed by atoms with Gasteiger partial charge in [0.1, 0.15) is 12.4 Å². The van der Waals surface area contributed by atoms with Gasteiger partial charge in [-0.25, -0.2) is 0 Å². The summed E-state index contributed by atoms with van der Waals surface area (Å²) in [4.78, 5) is 0. The Kier molecular flexibility index (Phi) is 5.27. The molecule has 0 bridgehead atoms. The minimum atomic E-state index is -0.0186. The van der Waals surface area contributed by atoms with E-state index >= 15 is 0 Å². The SMILES string of the molecule is Cc1cc(C#CCCO)ccc1OCC1CCC(C)(C)O1. The van der Waals surface area contributed by atoms with E-state index < -0.39 is 0 Å². The van der Waals surface area contributed by atoms with Crippen molar-refractivity contribution in [2.24, 2.45) is 0 Å². The van der Waals surface area contributed by atoms with Crippen LogP contribution < -0.4 is 4.74 Å².